The monoisotopic (exact) mass is 296 g/mol. The molecule has 1 aromatic carbocycles. The third-order valence-corrected chi connectivity index (χ3v) is 3.49. The summed E-state index contributed by atoms with van der Waals surface area (Å²) in [6.07, 6.45) is 0.620. The van der Waals surface area contributed by atoms with Crippen molar-refractivity contribution in [2.75, 3.05) is 18.4 Å². The van der Waals surface area contributed by atoms with Crippen molar-refractivity contribution >= 4 is 23.4 Å². The second kappa shape index (κ2) is 6.02. The van der Waals surface area contributed by atoms with Gasteiger partial charge in [0.05, 0.1) is 10.7 Å². The largest absolute Gasteiger partial charge is 0.444 e. The average Bonchev–Trinajstić information content (AvgIpc) is 2.83. The zero-order valence-corrected chi connectivity index (χ0v) is 12.9. The minimum Gasteiger partial charge on any atom is -0.444 e. The summed E-state index contributed by atoms with van der Waals surface area (Å²) in [6.45, 7) is 7.48. The molecule has 2 rings (SSSR count). The maximum absolute atomic E-state index is 11.8. The van der Waals surface area contributed by atoms with Crippen molar-refractivity contribution in [3.05, 3.63) is 28.8 Å². The first-order valence-corrected chi connectivity index (χ1v) is 7.23. The fourth-order valence-electron chi connectivity index (χ4n) is 2.25. The predicted molar refractivity (Wildman–Crippen MR) is 81.5 cm³/mol. The molecular weight excluding hydrogens is 276 g/mol. The highest BCUT2D eigenvalue weighted by Gasteiger charge is 2.20. The third kappa shape index (κ3) is 4.12. The van der Waals surface area contributed by atoms with E-state index in [1.807, 2.05) is 39.0 Å². The Morgan fingerprint density at radius 2 is 2.20 bits per heavy atom. The summed E-state index contributed by atoms with van der Waals surface area (Å²) < 4.78 is 5.24. The zero-order valence-electron chi connectivity index (χ0n) is 12.1. The van der Waals surface area contributed by atoms with Crippen molar-refractivity contribution < 1.29 is 9.53 Å². The van der Waals surface area contributed by atoms with Gasteiger partial charge in [0, 0.05) is 6.54 Å². The number of hydrogen-bond acceptors (Lipinski definition) is 3. The number of amides is 1. The lowest BCUT2D eigenvalue weighted by atomic mass is 9.98. The number of nitrogens with one attached hydrogen (secondary N) is 2. The standard InChI is InChI=1S/C15H21ClN2O2/c1-15(2,3)20-14(19)18-13-8-10(4-5-12(13)16)11-6-7-17-9-11/h4-5,8,11,17H,6-7,9H2,1-3H3,(H,18,19). The molecule has 0 aromatic heterocycles. The quantitative estimate of drug-likeness (QED) is 0.873. The van der Waals surface area contributed by atoms with Crippen molar-refractivity contribution in [3.8, 4) is 0 Å². The number of benzene rings is 1. The first-order chi connectivity index (χ1) is 9.35. The van der Waals surface area contributed by atoms with Crippen molar-refractivity contribution in [3.63, 3.8) is 0 Å². The molecule has 110 valence electrons. The van der Waals surface area contributed by atoms with Gasteiger partial charge in [-0.05, 0) is 57.4 Å². The SMILES string of the molecule is CC(C)(C)OC(=O)Nc1cc(C2CCNC2)ccc1Cl. The summed E-state index contributed by atoms with van der Waals surface area (Å²) in [5.41, 5.74) is 1.26. The van der Waals surface area contributed by atoms with Gasteiger partial charge in [0.25, 0.3) is 0 Å². The van der Waals surface area contributed by atoms with E-state index in [-0.39, 0.29) is 0 Å². The molecule has 1 heterocycles. The molecule has 0 radical (unpaired) electrons. The Hall–Kier alpha value is -1.26. The van der Waals surface area contributed by atoms with Crippen molar-refractivity contribution in [1.82, 2.24) is 5.32 Å². The first kappa shape index (κ1) is 15.1. The highest BCUT2D eigenvalue weighted by Crippen LogP contribution is 2.29. The summed E-state index contributed by atoms with van der Waals surface area (Å²) >= 11 is 6.13. The molecule has 1 aliphatic heterocycles. The van der Waals surface area contributed by atoms with Crippen LogP contribution in [0.5, 0.6) is 0 Å². The second-order valence-electron chi connectivity index (χ2n) is 6.06. The molecule has 1 amide bonds. The Morgan fingerprint density at radius 3 is 2.80 bits per heavy atom. The third-order valence-electron chi connectivity index (χ3n) is 3.16. The van der Waals surface area contributed by atoms with Gasteiger partial charge in [-0.15, -0.1) is 0 Å². The van der Waals surface area contributed by atoms with E-state index in [1.165, 1.54) is 5.56 Å². The van der Waals surface area contributed by atoms with E-state index < -0.39 is 11.7 Å². The minimum atomic E-state index is -0.524. The number of hydrogen-bond donors (Lipinski definition) is 2. The average molecular weight is 297 g/mol. The lowest BCUT2D eigenvalue weighted by Crippen LogP contribution is -2.27. The van der Waals surface area contributed by atoms with Gasteiger partial charge in [-0.3, -0.25) is 5.32 Å². The van der Waals surface area contributed by atoms with Gasteiger partial charge in [-0.25, -0.2) is 4.79 Å². The van der Waals surface area contributed by atoms with Crippen LogP contribution in [-0.4, -0.2) is 24.8 Å². The van der Waals surface area contributed by atoms with Crippen LogP contribution in [0, 0.1) is 0 Å². The molecular formula is C15H21ClN2O2. The molecule has 0 aliphatic carbocycles. The van der Waals surface area contributed by atoms with Gasteiger partial charge in [0.2, 0.25) is 0 Å². The van der Waals surface area contributed by atoms with Crippen molar-refractivity contribution in [2.24, 2.45) is 0 Å². The molecule has 0 saturated carbocycles. The van der Waals surface area contributed by atoms with Crippen LogP contribution in [0.3, 0.4) is 0 Å². The summed E-state index contributed by atoms with van der Waals surface area (Å²) in [4.78, 5) is 11.8. The van der Waals surface area contributed by atoms with Crippen molar-refractivity contribution in [2.45, 2.75) is 38.7 Å². The maximum Gasteiger partial charge on any atom is 0.412 e. The zero-order chi connectivity index (χ0) is 14.8. The summed E-state index contributed by atoms with van der Waals surface area (Å²) in [5.74, 6) is 0.478. The first-order valence-electron chi connectivity index (χ1n) is 6.85. The van der Waals surface area contributed by atoms with Crippen LogP contribution in [0.4, 0.5) is 10.5 Å². The summed E-state index contributed by atoms with van der Waals surface area (Å²) in [6, 6.07) is 5.77. The van der Waals surface area contributed by atoms with Gasteiger partial charge in [0.15, 0.2) is 0 Å². The minimum absolute atomic E-state index is 0.478. The summed E-state index contributed by atoms with van der Waals surface area (Å²) in [7, 11) is 0. The van der Waals surface area contributed by atoms with E-state index in [0.29, 0.717) is 16.6 Å². The predicted octanol–water partition coefficient (Wildman–Crippen LogP) is 3.76. The number of carbonyl (C=O) groups excluding carboxylic acids is 1. The fraction of sp³-hybridized carbons (Fsp3) is 0.533. The van der Waals surface area contributed by atoms with E-state index >= 15 is 0 Å². The van der Waals surface area contributed by atoms with E-state index in [1.54, 1.807) is 0 Å². The Bertz CT molecular complexity index is 491. The molecule has 1 atom stereocenters. The van der Waals surface area contributed by atoms with Crippen LogP contribution < -0.4 is 10.6 Å². The van der Waals surface area contributed by atoms with Crippen LogP contribution in [0.1, 0.15) is 38.7 Å². The molecule has 1 saturated heterocycles. The Labute approximate surface area is 124 Å². The van der Waals surface area contributed by atoms with E-state index in [4.69, 9.17) is 16.3 Å². The van der Waals surface area contributed by atoms with Crippen LogP contribution in [0.25, 0.3) is 0 Å². The van der Waals surface area contributed by atoms with Crippen LogP contribution in [-0.2, 0) is 4.74 Å². The van der Waals surface area contributed by atoms with Crippen molar-refractivity contribution in [1.29, 1.82) is 0 Å². The van der Waals surface area contributed by atoms with Gasteiger partial charge >= 0.3 is 6.09 Å². The van der Waals surface area contributed by atoms with Gasteiger partial charge in [-0.1, -0.05) is 17.7 Å². The highest BCUT2D eigenvalue weighted by atomic mass is 35.5. The number of halogens is 1. The van der Waals surface area contributed by atoms with Gasteiger partial charge < -0.3 is 10.1 Å². The Balaban J connectivity index is 2.10. The molecule has 5 heteroatoms. The van der Waals surface area contributed by atoms with Gasteiger partial charge in [-0.2, -0.15) is 0 Å². The topological polar surface area (TPSA) is 50.4 Å². The fourth-order valence-corrected chi connectivity index (χ4v) is 2.41. The Kier molecular flexibility index (Phi) is 4.55. The van der Waals surface area contributed by atoms with Gasteiger partial charge in [0.1, 0.15) is 5.60 Å². The molecule has 1 aliphatic rings. The second-order valence-corrected chi connectivity index (χ2v) is 6.46. The number of carbonyl (C=O) groups is 1. The Morgan fingerprint density at radius 1 is 1.45 bits per heavy atom. The maximum atomic E-state index is 11.8. The summed E-state index contributed by atoms with van der Waals surface area (Å²) in [5, 5.41) is 6.57. The number of ether oxygens (including phenoxy) is 1. The number of anilines is 1. The van der Waals surface area contributed by atoms with Crippen LogP contribution in [0.2, 0.25) is 5.02 Å². The lowest BCUT2D eigenvalue weighted by molar-refractivity contribution is 0.0636. The van der Waals surface area contributed by atoms with Crippen LogP contribution >= 0.6 is 11.6 Å². The molecule has 20 heavy (non-hydrogen) atoms. The number of rotatable bonds is 2. The smallest absolute Gasteiger partial charge is 0.412 e. The van der Waals surface area contributed by atoms with E-state index in [9.17, 15) is 4.79 Å². The van der Waals surface area contributed by atoms with Crippen LogP contribution in [0.15, 0.2) is 18.2 Å². The molecule has 0 bridgehead atoms. The lowest BCUT2D eigenvalue weighted by Gasteiger charge is -2.20. The molecule has 2 N–H and O–H groups in total. The normalized spacial score (nSPS) is 18.9. The molecule has 4 nitrogen and oxygen atoms in total. The highest BCUT2D eigenvalue weighted by molar-refractivity contribution is 6.33. The molecule has 1 aromatic rings. The molecule has 0 spiro atoms. The molecule has 1 fully saturated rings. The van der Waals surface area contributed by atoms with E-state index in [2.05, 4.69) is 10.6 Å². The van der Waals surface area contributed by atoms with E-state index in [0.717, 1.165) is 19.5 Å². The molecule has 1 unspecified atom stereocenters.